The van der Waals surface area contributed by atoms with Crippen LogP contribution in [-0.4, -0.2) is 43.4 Å². The predicted octanol–water partition coefficient (Wildman–Crippen LogP) is 1.64. The Morgan fingerprint density at radius 1 is 1.31 bits per heavy atom. The van der Waals surface area contributed by atoms with Crippen molar-refractivity contribution in [2.75, 3.05) is 37.5 Å². The first-order valence-corrected chi connectivity index (χ1v) is 8.43. The third-order valence-corrected chi connectivity index (χ3v) is 4.47. The summed E-state index contributed by atoms with van der Waals surface area (Å²) in [4.78, 5) is 26.2. The predicted molar refractivity (Wildman–Crippen MR) is 98.0 cm³/mol. The summed E-state index contributed by atoms with van der Waals surface area (Å²) < 4.78 is 10.5. The van der Waals surface area contributed by atoms with Crippen LogP contribution in [0.3, 0.4) is 0 Å². The first kappa shape index (κ1) is 17.8. The number of H-pyrrole nitrogens is 1. The Labute approximate surface area is 151 Å². The van der Waals surface area contributed by atoms with E-state index in [4.69, 9.17) is 9.47 Å². The summed E-state index contributed by atoms with van der Waals surface area (Å²) in [6.45, 7) is 1.33. The number of aromatic amines is 1. The fourth-order valence-electron chi connectivity index (χ4n) is 3.10. The first-order chi connectivity index (χ1) is 12.6. The molecule has 1 atom stereocenters. The Bertz CT molecular complexity index is 836. The van der Waals surface area contributed by atoms with E-state index in [1.165, 1.54) is 6.07 Å². The largest absolute Gasteiger partial charge is 0.497 e. The van der Waals surface area contributed by atoms with Gasteiger partial charge in [0.2, 0.25) is 5.91 Å². The van der Waals surface area contributed by atoms with Crippen LogP contribution in [-0.2, 0) is 4.79 Å². The van der Waals surface area contributed by atoms with Crippen molar-refractivity contribution in [1.29, 1.82) is 0 Å². The number of hydrogen-bond donors (Lipinski definition) is 2. The van der Waals surface area contributed by atoms with E-state index >= 15 is 0 Å². The van der Waals surface area contributed by atoms with E-state index in [0.717, 1.165) is 25.1 Å². The molecule has 0 bridgehead atoms. The van der Waals surface area contributed by atoms with Gasteiger partial charge < -0.3 is 19.7 Å². The van der Waals surface area contributed by atoms with E-state index in [-0.39, 0.29) is 17.4 Å². The number of nitrogens with zero attached hydrogens (tertiary/aromatic N) is 2. The highest BCUT2D eigenvalue weighted by molar-refractivity contribution is 5.94. The third kappa shape index (κ3) is 3.96. The number of hydrogen-bond acceptors (Lipinski definition) is 6. The molecule has 1 aromatic heterocycles. The second-order valence-corrected chi connectivity index (χ2v) is 6.14. The molecule has 138 valence electrons. The van der Waals surface area contributed by atoms with Crippen LogP contribution in [0.1, 0.15) is 12.8 Å². The SMILES string of the molecule is COc1ccc(NC(=O)[C@@H]2CCCN(c3cn[nH]c(=O)c3)C2)c(OC)c1. The second-order valence-electron chi connectivity index (χ2n) is 6.14. The van der Waals surface area contributed by atoms with E-state index in [0.29, 0.717) is 23.7 Å². The van der Waals surface area contributed by atoms with Gasteiger partial charge in [-0.2, -0.15) is 5.10 Å². The minimum atomic E-state index is -0.253. The molecular formula is C18H22N4O4. The summed E-state index contributed by atoms with van der Waals surface area (Å²) in [7, 11) is 3.12. The number of carbonyl (C=O) groups excluding carboxylic acids is 1. The van der Waals surface area contributed by atoms with Gasteiger partial charge in [0.05, 0.1) is 37.7 Å². The van der Waals surface area contributed by atoms with Crippen LogP contribution in [0.2, 0.25) is 0 Å². The van der Waals surface area contributed by atoms with Crippen molar-refractivity contribution in [3.63, 3.8) is 0 Å². The van der Waals surface area contributed by atoms with Crippen molar-refractivity contribution in [2.45, 2.75) is 12.8 Å². The Morgan fingerprint density at radius 2 is 2.15 bits per heavy atom. The number of benzene rings is 1. The first-order valence-electron chi connectivity index (χ1n) is 8.43. The molecule has 2 aromatic rings. The van der Waals surface area contributed by atoms with Gasteiger partial charge in [0, 0.05) is 25.2 Å². The Kier molecular flexibility index (Phi) is 5.40. The maximum Gasteiger partial charge on any atom is 0.266 e. The fraction of sp³-hybridized carbons (Fsp3) is 0.389. The average Bonchev–Trinajstić information content (AvgIpc) is 2.68. The van der Waals surface area contributed by atoms with Crippen molar-refractivity contribution in [3.8, 4) is 11.5 Å². The van der Waals surface area contributed by atoms with Gasteiger partial charge >= 0.3 is 0 Å². The van der Waals surface area contributed by atoms with Gasteiger partial charge in [0.15, 0.2) is 0 Å². The summed E-state index contributed by atoms with van der Waals surface area (Å²) in [6.07, 6.45) is 3.26. The number of methoxy groups -OCH3 is 2. The van der Waals surface area contributed by atoms with Gasteiger partial charge in [-0.15, -0.1) is 0 Å². The minimum absolute atomic E-state index is 0.0732. The highest BCUT2D eigenvalue weighted by Gasteiger charge is 2.27. The molecule has 0 radical (unpaired) electrons. The van der Waals surface area contributed by atoms with Crippen molar-refractivity contribution in [2.24, 2.45) is 5.92 Å². The molecule has 8 nitrogen and oxygen atoms in total. The zero-order valence-corrected chi connectivity index (χ0v) is 14.8. The monoisotopic (exact) mass is 358 g/mol. The summed E-state index contributed by atoms with van der Waals surface area (Å²) in [5, 5.41) is 9.13. The fourth-order valence-corrected chi connectivity index (χ4v) is 3.10. The Balaban J connectivity index is 1.71. The van der Waals surface area contributed by atoms with Crippen LogP contribution < -0.4 is 25.2 Å². The molecule has 0 saturated carbocycles. The van der Waals surface area contributed by atoms with Crippen LogP contribution in [0.15, 0.2) is 35.3 Å². The summed E-state index contributed by atoms with van der Waals surface area (Å²) in [5.74, 6) is 0.945. The van der Waals surface area contributed by atoms with Crippen LogP contribution in [0.4, 0.5) is 11.4 Å². The van der Waals surface area contributed by atoms with Crippen LogP contribution in [0.5, 0.6) is 11.5 Å². The van der Waals surface area contributed by atoms with Crippen LogP contribution in [0.25, 0.3) is 0 Å². The zero-order valence-electron chi connectivity index (χ0n) is 14.8. The summed E-state index contributed by atoms with van der Waals surface area (Å²) in [6, 6.07) is 6.76. The molecule has 1 aliphatic heterocycles. The maximum absolute atomic E-state index is 12.7. The Hall–Kier alpha value is -3.03. The molecule has 1 aliphatic rings. The molecule has 8 heteroatoms. The average molecular weight is 358 g/mol. The van der Waals surface area contributed by atoms with Gasteiger partial charge in [0.1, 0.15) is 11.5 Å². The molecule has 2 N–H and O–H groups in total. The van der Waals surface area contributed by atoms with Crippen LogP contribution >= 0.6 is 0 Å². The van der Waals surface area contributed by atoms with E-state index < -0.39 is 0 Å². The van der Waals surface area contributed by atoms with Gasteiger partial charge in [0.25, 0.3) is 5.56 Å². The zero-order chi connectivity index (χ0) is 18.5. The van der Waals surface area contributed by atoms with Crippen LogP contribution in [0, 0.1) is 5.92 Å². The molecule has 1 aromatic carbocycles. The third-order valence-electron chi connectivity index (χ3n) is 4.47. The van der Waals surface area contributed by atoms with Crippen molar-refractivity contribution >= 4 is 17.3 Å². The molecule has 2 heterocycles. The lowest BCUT2D eigenvalue weighted by atomic mass is 9.96. The normalized spacial score (nSPS) is 16.8. The van der Waals surface area contributed by atoms with E-state index in [2.05, 4.69) is 15.5 Å². The van der Waals surface area contributed by atoms with Gasteiger partial charge in [-0.3, -0.25) is 9.59 Å². The molecule has 26 heavy (non-hydrogen) atoms. The number of rotatable bonds is 5. The van der Waals surface area contributed by atoms with Gasteiger partial charge in [-0.1, -0.05) is 0 Å². The Morgan fingerprint density at radius 3 is 2.88 bits per heavy atom. The lowest BCUT2D eigenvalue weighted by molar-refractivity contribution is -0.120. The highest BCUT2D eigenvalue weighted by Crippen LogP contribution is 2.30. The summed E-state index contributed by atoms with van der Waals surface area (Å²) in [5.41, 5.74) is 1.08. The van der Waals surface area contributed by atoms with Crippen molar-refractivity contribution in [3.05, 3.63) is 40.8 Å². The second kappa shape index (κ2) is 7.90. The number of nitrogens with one attached hydrogen (secondary N) is 2. The van der Waals surface area contributed by atoms with Crippen molar-refractivity contribution < 1.29 is 14.3 Å². The molecule has 1 fully saturated rings. The lowest BCUT2D eigenvalue weighted by Gasteiger charge is -2.33. The van der Waals surface area contributed by atoms with E-state index in [9.17, 15) is 9.59 Å². The maximum atomic E-state index is 12.7. The summed E-state index contributed by atoms with van der Waals surface area (Å²) >= 11 is 0. The van der Waals surface area contributed by atoms with E-state index in [1.807, 2.05) is 4.90 Å². The van der Waals surface area contributed by atoms with Gasteiger partial charge in [-0.05, 0) is 25.0 Å². The lowest BCUT2D eigenvalue weighted by Crippen LogP contribution is -2.41. The standard InChI is InChI=1S/C18H22N4O4/c1-25-14-5-6-15(16(9-14)26-2)20-18(24)12-4-3-7-22(11-12)13-8-17(23)21-19-10-13/h5-6,8-10,12H,3-4,7,11H2,1-2H3,(H,20,24)(H,21,23)/t12-/m1/s1. The molecule has 0 aliphatic carbocycles. The minimum Gasteiger partial charge on any atom is -0.497 e. The number of anilines is 2. The number of amides is 1. The molecule has 1 saturated heterocycles. The molecule has 1 amide bonds. The van der Waals surface area contributed by atoms with E-state index in [1.54, 1.807) is 38.6 Å². The smallest absolute Gasteiger partial charge is 0.266 e. The quantitative estimate of drug-likeness (QED) is 0.843. The molecule has 0 spiro atoms. The number of aromatic nitrogens is 2. The molecular weight excluding hydrogens is 336 g/mol. The topological polar surface area (TPSA) is 96.5 Å². The van der Waals surface area contributed by atoms with Crippen molar-refractivity contribution in [1.82, 2.24) is 10.2 Å². The number of piperidine rings is 1. The number of carbonyl (C=O) groups is 1. The molecule has 3 rings (SSSR count). The van der Waals surface area contributed by atoms with Gasteiger partial charge in [-0.25, -0.2) is 5.10 Å². The molecule has 0 unspecified atom stereocenters. The highest BCUT2D eigenvalue weighted by atomic mass is 16.5. The number of ether oxygens (including phenoxy) is 2.